The number of methoxy groups -OCH3 is 1. The van der Waals surface area contributed by atoms with Gasteiger partial charge in [0.25, 0.3) is 0 Å². The molecule has 1 aliphatic rings. The lowest BCUT2D eigenvalue weighted by atomic mass is 10.1. The van der Waals surface area contributed by atoms with Crippen LogP contribution < -0.4 is 0 Å². The van der Waals surface area contributed by atoms with Crippen LogP contribution in [0.1, 0.15) is 23.3 Å². The molecule has 2 aromatic rings. The largest absolute Gasteiger partial charge is 0.462 e. The molecule has 3 heterocycles. The highest BCUT2D eigenvalue weighted by Gasteiger charge is 2.27. The Morgan fingerprint density at radius 1 is 1.36 bits per heavy atom. The van der Waals surface area contributed by atoms with E-state index in [2.05, 4.69) is 16.1 Å². The van der Waals surface area contributed by atoms with Gasteiger partial charge >= 0.3 is 0 Å². The van der Waals surface area contributed by atoms with Crippen LogP contribution in [-0.4, -0.2) is 48.1 Å². The number of aromatic nitrogens is 2. The van der Waals surface area contributed by atoms with Crippen LogP contribution in [0.15, 0.2) is 28.8 Å². The number of nitrogens with zero attached hydrogens (tertiary/aromatic N) is 3. The molecule has 22 heavy (non-hydrogen) atoms. The van der Waals surface area contributed by atoms with Crippen molar-refractivity contribution < 1.29 is 13.9 Å². The lowest BCUT2D eigenvalue weighted by Gasteiger charge is -2.34. The first-order valence-electron chi connectivity index (χ1n) is 7.64. The fourth-order valence-corrected chi connectivity index (χ4v) is 2.87. The summed E-state index contributed by atoms with van der Waals surface area (Å²) in [6.07, 6.45) is 2.81. The molecule has 1 aliphatic heterocycles. The average Bonchev–Trinajstić information content (AvgIpc) is 3.15. The third-order valence-corrected chi connectivity index (χ3v) is 4.11. The minimum Gasteiger partial charge on any atom is -0.462 e. The van der Waals surface area contributed by atoms with E-state index in [0.717, 1.165) is 37.6 Å². The zero-order valence-corrected chi connectivity index (χ0v) is 13.2. The molecule has 1 unspecified atom stereocenters. The van der Waals surface area contributed by atoms with Crippen LogP contribution in [0.3, 0.4) is 0 Å². The summed E-state index contributed by atoms with van der Waals surface area (Å²) in [5.74, 6) is 1.81. The predicted molar refractivity (Wildman–Crippen MR) is 81.5 cm³/mol. The van der Waals surface area contributed by atoms with E-state index in [0.29, 0.717) is 13.2 Å². The summed E-state index contributed by atoms with van der Waals surface area (Å²) < 4.78 is 18.6. The second kappa shape index (κ2) is 7.09. The van der Waals surface area contributed by atoms with Gasteiger partial charge in [0, 0.05) is 45.6 Å². The van der Waals surface area contributed by atoms with Crippen LogP contribution in [0.4, 0.5) is 0 Å². The maximum Gasteiger partial charge on any atom is 0.129 e. The fraction of sp³-hybridized carbons (Fsp3) is 0.562. The van der Waals surface area contributed by atoms with E-state index in [-0.39, 0.29) is 6.04 Å². The number of aryl methyl sites for hydroxylation is 1. The van der Waals surface area contributed by atoms with Gasteiger partial charge in [0.15, 0.2) is 0 Å². The van der Waals surface area contributed by atoms with Gasteiger partial charge in [-0.3, -0.25) is 9.58 Å². The van der Waals surface area contributed by atoms with Crippen LogP contribution in [-0.2, 0) is 29.5 Å². The van der Waals surface area contributed by atoms with Crippen LogP contribution in [0.5, 0.6) is 0 Å². The van der Waals surface area contributed by atoms with Gasteiger partial charge in [-0.15, -0.1) is 0 Å². The Morgan fingerprint density at radius 2 is 2.27 bits per heavy atom. The minimum atomic E-state index is 0.174. The van der Waals surface area contributed by atoms with Gasteiger partial charge in [-0.05, 0) is 18.2 Å². The molecule has 1 fully saturated rings. The number of ether oxygens (including phenoxy) is 2. The second-order valence-electron chi connectivity index (χ2n) is 5.56. The maximum absolute atomic E-state index is 5.89. The second-order valence-corrected chi connectivity index (χ2v) is 5.56. The van der Waals surface area contributed by atoms with Gasteiger partial charge in [-0.2, -0.15) is 5.10 Å². The number of rotatable bonds is 6. The van der Waals surface area contributed by atoms with Crippen molar-refractivity contribution in [2.75, 3.05) is 33.4 Å². The van der Waals surface area contributed by atoms with Crippen LogP contribution in [0.2, 0.25) is 0 Å². The summed E-state index contributed by atoms with van der Waals surface area (Å²) in [5.41, 5.74) is 1.24. The highest BCUT2D eigenvalue weighted by molar-refractivity contribution is 5.12. The summed E-state index contributed by atoms with van der Waals surface area (Å²) >= 11 is 0. The van der Waals surface area contributed by atoms with Gasteiger partial charge in [-0.1, -0.05) is 0 Å². The van der Waals surface area contributed by atoms with Crippen molar-refractivity contribution in [3.05, 3.63) is 41.6 Å². The van der Waals surface area contributed by atoms with Crippen molar-refractivity contribution in [3.8, 4) is 0 Å². The van der Waals surface area contributed by atoms with Gasteiger partial charge in [0.2, 0.25) is 0 Å². The van der Waals surface area contributed by atoms with Gasteiger partial charge in [-0.25, -0.2) is 0 Å². The van der Waals surface area contributed by atoms with E-state index < -0.39 is 0 Å². The van der Waals surface area contributed by atoms with Crippen molar-refractivity contribution in [2.24, 2.45) is 7.05 Å². The quantitative estimate of drug-likeness (QED) is 0.814. The molecule has 6 nitrogen and oxygen atoms in total. The number of hydrogen-bond donors (Lipinski definition) is 0. The molecule has 0 aromatic carbocycles. The number of morpholine rings is 1. The molecule has 0 N–H and O–H groups in total. The minimum absolute atomic E-state index is 0.174. The zero-order chi connectivity index (χ0) is 15.4. The SMILES string of the molecule is COCc1ccc(C2COCCN2CCc2ccnn2C)o1. The standard InChI is InChI=1S/C16H23N3O3/c1-18-13(5-7-17-18)6-8-19-9-10-21-12-15(19)16-4-3-14(22-16)11-20-2/h3-5,7,15H,6,8-12H2,1-2H3. The van der Waals surface area contributed by atoms with E-state index in [1.165, 1.54) is 5.69 Å². The van der Waals surface area contributed by atoms with E-state index in [1.54, 1.807) is 7.11 Å². The summed E-state index contributed by atoms with van der Waals surface area (Å²) in [5, 5.41) is 4.22. The molecule has 3 rings (SSSR count). The molecular weight excluding hydrogens is 282 g/mol. The summed E-state index contributed by atoms with van der Waals surface area (Å²) in [6, 6.07) is 6.25. The summed E-state index contributed by atoms with van der Waals surface area (Å²) in [6.45, 7) is 3.83. The Labute approximate surface area is 130 Å². The van der Waals surface area contributed by atoms with Crippen molar-refractivity contribution in [2.45, 2.75) is 19.1 Å². The van der Waals surface area contributed by atoms with Gasteiger partial charge < -0.3 is 13.9 Å². The lowest BCUT2D eigenvalue weighted by molar-refractivity contribution is -0.0165. The van der Waals surface area contributed by atoms with E-state index in [1.807, 2.05) is 30.1 Å². The molecule has 1 atom stereocenters. The van der Waals surface area contributed by atoms with E-state index in [4.69, 9.17) is 13.9 Å². The highest BCUT2D eigenvalue weighted by Crippen LogP contribution is 2.26. The monoisotopic (exact) mass is 305 g/mol. The average molecular weight is 305 g/mol. The van der Waals surface area contributed by atoms with E-state index in [9.17, 15) is 0 Å². The molecule has 1 saturated heterocycles. The Bertz CT molecular complexity index is 593. The Balaban J connectivity index is 1.66. The molecular formula is C16H23N3O3. The predicted octanol–water partition coefficient (Wildman–Crippen LogP) is 1.78. The molecule has 120 valence electrons. The number of furan rings is 1. The molecule has 6 heteroatoms. The summed E-state index contributed by atoms with van der Waals surface area (Å²) in [7, 11) is 3.65. The van der Waals surface area contributed by atoms with Crippen molar-refractivity contribution in [1.82, 2.24) is 14.7 Å². The molecule has 0 amide bonds. The van der Waals surface area contributed by atoms with E-state index >= 15 is 0 Å². The Morgan fingerprint density at radius 3 is 3.05 bits per heavy atom. The van der Waals surface area contributed by atoms with Crippen LogP contribution in [0.25, 0.3) is 0 Å². The molecule has 0 aliphatic carbocycles. The maximum atomic E-state index is 5.89. The lowest BCUT2D eigenvalue weighted by Crippen LogP contribution is -2.40. The Kier molecular flexibility index (Phi) is 4.92. The normalized spacial score (nSPS) is 19.6. The van der Waals surface area contributed by atoms with Crippen molar-refractivity contribution >= 4 is 0 Å². The first-order valence-corrected chi connectivity index (χ1v) is 7.64. The summed E-state index contributed by atoms with van der Waals surface area (Å²) in [4.78, 5) is 2.42. The van der Waals surface area contributed by atoms with Crippen LogP contribution >= 0.6 is 0 Å². The first kappa shape index (κ1) is 15.3. The van der Waals surface area contributed by atoms with Crippen LogP contribution in [0, 0.1) is 0 Å². The van der Waals surface area contributed by atoms with Crippen molar-refractivity contribution in [3.63, 3.8) is 0 Å². The van der Waals surface area contributed by atoms with Gasteiger partial charge in [0.05, 0.1) is 19.3 Å². The smallest absolute Gasteiger partial charge is 0.129 e. The number of hydrogen-bond acceptors (Lipinski definition) is 5. The highest BCUT2D eigenvalue weighted by atomic mass is 16.5. The fourth-order valence-electron chi connectivity index (χ4n) is 2.87. The molecule has 0 saturated carbocycles. The third-order valence-electron chi connectivity index (χ3n) is 4.11. The molecule has 0 bridgehead atoms. The first-order chi connectivity index (χ1) is 10.8. The van der Waals surface area contributed by atoms with Crippen molar-refractivity contribution in [1.29, 1.82) is 0 Å². The Hall–Kier alpha value is -1.63. The topological polar surface area (TPSA) is 52.7 Å². The zero-order valence-electron chi connectivity index (χ0n) is 13.2. The molecule has 0 radical (unpaired) electrons. The third kappa shape index (κ3) is 3.40. The molecule has 2 aromatic heterocycles. The molecule has 0 spiro atoms. The van der Waals surface area contributed by atoms with Gasteiger partial charge in [0.1, 0.15) is 18.1 Å².